The van der Waals surface area contributed by atoms with Gasteiger partial charge in [-0.15, -0.1) is 0 Å². The molecule has 0 aliphatic heterocycles. The Balaban J connectivity index is 2.24. The van der Waals surface area contributed by atoms with Crippen LogP contribution >= 0.6 is 11.6 Å². The predicted molar refractivity (Wildman–Crippen MR) is 72.8 cm³/mol. The molecule has 0 saturated carbocycles. The van der Waals surface area contributed by atoms with Crippen LogP contribution in [0.3, 0.4) is 0 Å². The van der Waals surface area contributed by atoms with E-state index in [0.717, 1.165) is 0 Å². The second kappa shape index (κ2) is 6.12. The quantitative estimate of drug-likeness (QED) is 0.877. The molecule has 0 saturated heterocycles. The first-order valence-corrected chi connectivity index (χ1v) is 5.96. The number of carbonyl (C=O) groups is 2. The van der Waals surface area contributed by atoms with Crippen LogP contribution in [0.25, 0.3) is 0 Å². The average Bonchev–Trinajstić information content (AvgIpc) is 2.47. The Labute approximate surface area is 119 Å². The monoisotopic (exact) mass is 291 g/mol. The van der Waals surface area contributed by atoms with Crippen molar-refractivity contribution in [3.8, 4) is 0 Å². The molecule has 0 radical (unpaired) electrons. The molecule has 7 heteroatoms. The van der Waals surface area contributed by atoms with Gasteiger partial charge in [0.2, 0.25) is 0 Å². The molecule has 1 N–H and O–H groups in total. The molecule has 20 heavy (non-hydrogen) atoms. The summed E-state index contributed by atoms with van der Waals surface area (Å²) in [5, 5.41) is 2.77. The number of benzene rings is 1. The topological polar surface area (TPSA) is 81.2 Å². The van der Waals surface area contributed by atoms with Crippen molar-refractivity contribution in [2.75, 3.05) is 12.4 Å². The summed E-state index contributed by atoms with van der Waals surface area (Å²) in [7, 11) is 1.27. The van der Waals surface area contributed by atoms with Gasteiger partial charge in [0.25, 0.3) is 5.91 Å². The summed E-state index contributed by atoms with van der Waals surface area (Å²) in [5.74, 6) is -1.03. The van der Waals surface area contributed by atoms with Crippen LogP contribution in [0.1, 0.15) is 20.8 Å². The lowest BCUT2D eigenvalue weighted by Gasteiger charge is -2.08. The van der Waals surface area contributed by atoms with E-state index in [9.17, 15) is 9.59 Å². The molecule has 2 aromatic rings. The van der Waals surface area contributed by atoms with Gasteiger partial charge in [0.05, 0.1) is 30.8 Å². The minimum atomic E-state index is -0.539. The van der Waals surface area contributed by atoms with Crippen LogP contribution < -0.4 is 5.32 Å². The number of nitrogens with one attached hydrogen (secondary N) is 1. The van der Waals surface area contributed by atoms with Crippen LogP contribution in [-0.2, 0) is 4.74 Å². The Morgan fingerprint density at radius 3 is 2.60 bits per heavy atom. The van der Waals surface area contributed by atoms with Crippen molar-refractivity contribution in [2.24, 2.45) is 0 Å². The molecule has 6 nitrogen and oxygen atoms in total. The van der Waals surface area contributed by atoms with Crippen molar-refractivity contribution in [3.05, 3.63) is 53.1 Å². The highest BCUT2D eigenvalue weighted by Crippen LogP contribution is 2.16. The van der Waals surface area contributed by atoms with Gasteiger partial charge in [-0.2, -0.15) is 0 Å². The minimum Gasteiger partial charge on any atom is -0.465 e. The number of esters is 1. The van der Waals surface area contributed by atoms with Crippen molar-refractivity contribution < 1.29 is 14.3 Å². The zero-order valence-electron chi connectivity index (χ0n) is 10.5. The Morgan fingerprint density at radius 2 is 1.95 bits per heavy atom. The predicted octanol–water partition coefficient (Wildman–Crippen LogP) is 2.17. The first-order valence-electron chi connectivity index (χ1n) is 5.58. The van der Waals surface area contributed by atoms with Gasteiger partial charge in [0, 0.05) is 0 Å². The molecule has 2 rings (SSSR count). The number of para-hydroxylation sites is 1. The molecular weight excluding hydrogens is 282 g/mol. The van der Waals surface area contributed by atoms with E-state index in [1.54, 1.807) is 24.3 Å². The SMILES string of the molecule is COC(=O)c1ccccc1NC(=O)c1cnc(Cl)cn1. The molecule has 1 heterocycles. The molecule has 1 aromatic heterocycles. The molecule has 1 amide bonds. The van der Waals surface area contributed by atoms with Gasteiger partial charge in [-0.3, -0.25) is 4.79 Å². The number of aromatic nitrogens is 2. The Morgan fingerprint density at radius 1 is 1.20 bits per heavy atom. The van der Waals surface area contributed by atoms with E-state index in [-0.39, 0.29) is 16.4 Å². The molecule has 0 spiro atoms. The summed E-state index contributed by atoms with van der Waals surface area (Å²) in [5.41, 5.74) is 0.681. The van der Waals surface area contributed by atoms with E-state index in [4.69, 9.17) is 11.6 Å². The number of hydrogen-bond acceptors (Lipinski definition) is 5. The number of hydrogen-bond donors (Lipinski definition) is 1. The zero-order chi connectivity index (χ0) is 14.5. The molecule has 0 atom stereocenters. The maximum absolute atomic E-state index is 12.0. The van der Waals surface area contributed by atoms with E-state index in [1.807, 2.05) is 0 Å². The van der Waals surface area contributed by atoms with E-state index >= 15 is 0 Å². The highest BCUT2D eigenvalue weighted by molar-refractivity contribution is 6.29. The third kappa shape index (κ3) is 3.10. The lowest BCUT2D eigenvalue weighted by Crippen LogP contribution is -2.16. The average molecular weight is 292 g/mol. The van der Waals surface area contributed by atoms with Crippen molar-refractivity contribution in [1.29, 1.82) is 0 Å². The maximum Gasteiger partial charge on any atom is 0.339 e. The summed E-state index contributed by atoms with van der Waals surface area (Å²) in [6, 6.07) is 6.50. The van der Waals surface area contributed by atoms with Crippen LogP contribution in [0, 0.1) is 0 Å². The van der Waals surface area contributed by atoms with Crippen molar-refractivity contribution in [1.82, 2.24) is 9.97 Å². The molecule has 0 unspecified atom stereocenters. The molecule has 0 aliphatic carbocycles. The van der Waals surface area contributed by atoms with Crippen LogP contribution in [0.4, 0.5) is 5.69 Å². The largest absolute Gasteiger partial charge is 0.465 e. The first kappa shape index (κ1) is 14.0. The number of halogens is 1. The summed E-state index contributed by atoms with van der Waals surface area (Å²) >= 11 is 5.60. The molecular formula is C13H10ClN3O3. The number of anilines is 1. The van der Waals surface area contributed by atoms with E-state index in [1.165, 1.54) is 19.5 Å². The standard InChI is InChI=1S/C13H10ClN3O3/c1-20-13(19)8-4-2-3-5-9(8)17-12(18)10-6-16-11(14)7-15-10/h2-7H,1H3,(H,17,18). The van der Waals surface area contributed by atoms with Gasteiger partial charge in [-0.25, -0.2) is 14.8 Å². The summed E-state index contributed by atoms with van der Waals surface area (Å²) in [6.45, 7) is 0. The molecule has 0 aliphatic rings. The van der Waals surface area contributed by atoms with Gasteiger partial charge in [0.15, 0.2) is 0 Å². The summed E-state index contributed by atoms with van der Waals surface area (Å²) in [6.07, 6.45) is 2.51. The number of methoxy groups -OCH3 is 1. The maximum atomic E-state index is 12.0. The van der Waals surface area contributed by atoms with Crippen molar-refractivity contribution >= 4 is 29.2 Å². The van der Waals surface area contributed by atoms with Crippen LogP contribution in [0.5, 0.6) is 0 Å². The first-order chi connectivity index (χ1) is 9.61. The third-order valence-electron chi connectivity index (χ3n) is 2.43. The van der Waals surface area contributed by atoms with Gasteiger partial charge in [-0.05, 0) is 12.1 Å². The van der Waals surface area contributed by atoms with Gasteiger partial charge < -0.3 is 10.1 Å². The summed E-state index contributed by atoms with van der Waals surface area (Å²) < 4.78 is 4.64. The van der Waals surface area contributed by atoms with Gasteiger partial charge in [-0.1, -0.05) is 23.7 Å². The third-order valence-corrected chi connectivity index (χ3v) is 2.63. The normalized spacial score (nSPS) is 9.90. The summed E-state index contributed by atoms with van der Waals surface area (Å²) in [4.78, 5) is 31.2. The van der Waals surface area contributed by atoms with Crippen molar-refractivity contribution in [2.45, 2.75) is 0 Å². The van der Waals surface area contributed by atoms with E-state index in [2.05, 4.69) is 20.0 Å². The highest BCUT2D eigenvalue weighted by Gasteiger charge is 2.15. The molecule has 102 valence electrons. The fourth-order valence-electron chi connectivity index (χ4n) is 1.50. The lowest BCUT2D eigenvalue weighted by atomic mass is 10.1. The number of rotatable bonds is 3. The molecule has 0 bridgehead atoms. The fraction of sp³-hybridized carbons (Fsp3) is 0.0769. The Bertz CT molecular complexity index is 644. The van der Waals surface area contributed by atoms with Crippen LogP contribution in [0.15, 0.2) is 36.7 Å². The number of carbonyl (C=O) groups excluding carboxylic acids is 2. The molecule has 1 aromatic carbocycles. The lowest BCUT2D eigenvalue weighted by molar-refractivity contribution is 0.0602. The fourth-order valence-corrected chi connectivity index (χ4v) is 1.59. The minimum absolute atomic E-state index is 0.0917. The Kier molecular flexibility index (Phi) is 4.27. The van der Waals surface area contributed by atoms with Crippen LogP contribution in [0.2, 0.25) is 5.15 Å². The Hall–Kier alpha value is -2.47. The second-order valence-electron chi connectivity index (χ2n) is 3.72. The molecule has 0 fully saturated rings. The number of ether oxygens (including phenoxy) is 1. The van der Waals surface area contributed by atoms with Crippen molar-refractivity contribution in [3.63, 3.8) is 0 Å². The second-order valence-corrected chi connectivity index (χ2v) is 4.10. The van der Waals surface area contributed by atoms with E-state index in [0.29, 0.717) is 5.69 Å². The van der Waals surface area contributed by atoms with Crippen LogP contribution in [-0.4, -0.2) is 29.0 Å². The number of nitrogens with zero attached hydrogens (tertiary/aromatic N) is 2. The van der Waals surface area contributed by atoms with E-state index < -0.39 is 11.9 Å². The van der Waals surface area contributed by atoms with Gasteiger partial charge in [0.1, 0.15) is 10.8 Å². The zero-order valence-corrected chi connectivity index (χ0v) is 11.2. The smallest absolute Gasteiger partial charge is 0.339 e. The van der Waals surface area contributed by atoms with Gasteiger partial charge >= 0.3 is 5.97 Å². The number of amides is 1. The highest BCUT2D eigenvalue weighted by atomic mass is 35.5.